The highest BCUT2D eigenvalue weighted by Gasteiger charge is 2.42. The molecule has 0 radical (unpaired) electrons. The summed E-state index contributed by atoms with van der Waals surface area (Å²) < 4.78 is 19.9. The lowest BCUT2D eigenvalue weighted by atomic mass is 9.80. The molecule has 3 rings (SSSR count). The number of hydrogen-bond acceptors (Lipinski definition) is 3. The van der Waals surface area contributed by atoms with Gasteiger partial charge in [0.2, 0.25) is 0 Å². The second-order valence-electron chi connectivity index (χ2n) is 6.22. The molecule has 1 atom stereocenters. The van der Waals surface area contributed by atoms with E-state index in [0.29, 0.717) is 0 Å². The lowest BCUT2D eigenvalue weighted by molar-refractivity contribution is -0.0243. The van der Waals surface area contributed by atoms with Gasteiger partial charge in [-0.05, 0) is 32.0 Å². The van der Waals surface area contributed by atoms with Crippen molar-refractivity contribution in [2.75, 3.05) is 26.2 Å². The lowest BCUT2D eigenvalue weighted by Crippen LogP contribution is -2.51. The van der Waals surface area contributed by atoms with Crippen molar-refractivity contribution in [2.24, 2.45) is 0 Å². The molecule has 1 aromatic carbocycles. The van der Waals surface area contributed by atoms with Crippen LogP contribution in [-0.2, 0) is 0 Å². The molecule has 1 N–H and O–H groups in total. The zero-order valence-corrected chi connectivity index (χ0v) is 13.0. The third-order valence-electron chi connectivity index (χ3n) is 4.92. The SMILES string of the molecule is CCNC1CC2(CCN(CC)CC2)Oc2cc(F)ccc21. The summed E-state index contributed by atoms with van der Waals surface area (Å²) in [7, 11) is 0. The summed E-state index contributed by atoms with van der Waals surface area (Å²) >= 11 is 0. The van der Waals surface area contributed by atoms with Gasteiger partial charge in [-0.25, -0.2) is 4.39 Å². The predicted molar refractivity (Wildman–Crippen MR) is 82.1 cm³/mol. The quantitative estimate of drug-likeness (QED) is 0.926. The van der Waals surface area contributed by atoms with E-state index < -0.39 is 0 Å². The Labute approximate surface area is 126 Å². The molecule has 0 bridgehead atoms. The number of rotatable bonds is 3. The van der Waals surface area contributed by atoms with Crippen LogP contribution >= 0.6 is 0 Å². The van der Waals surface area contributed by atoms with Crippen LogP contribution in [0.15, 0.2) is 18.2 Å². The van der Waals surface area contributed by atoms with Crippen LogP contribution in [0.2, 0.25) is 0 Å². The van der Waals surface area contributed by atoms with Gasteiger partial charge in [0.15, 0.2) is 0 Å². The van der Waals surface area contributed by atoms with Crippen LogP contribution in [0.3, 0.4) is 0 Å². The maximum absolute atomic E-state index is 13.6. The number of likely N-dealkylation sites (tertiary alicyclic amines) is 1. The third-order valence-corrected chi connectivity index (χ3v) is 4.92. The van der Waals surface area contributed by atoms with Crippen molar-refractivity contribution in [3.8, 4) is 5.75 Å². The van der Waals surface area contributed by atoms with Gasteiger partial charge in [0.25, 0.3) is 0 Å². The van der Waals surface area contributed by atoms with E-state index in [2.05, 4.69) is 24.1 Å². The molecule has 1 unspecified atom stereocenters. The minimum atomic E-state index is -0.216. The van der Waals surface area contributed by atoms with E-state index in [0.717, 1.165) is 56.8 Å². The summed E-state index contributed by atoms with van der Waals surface area (Å²) in [5, 5.41) is 3.54. The van der Waals surface area contributed by atoms with Gasteiger partial charge < -0.3 is 15.0 Å². The second-order valence-corrected chi connectivity index (χ2v) is 6.22. The second kappa shape index (κ2) is 5.93. The molecule has 1 spiro atoms. The molecule has 0 amide bonds. The maximum atomic E-state index is 13.6. The fraction of sp³-hybridized carbons (Fsp3) is 0.647. The first-order valence-corrected chi connectivity index (χ1v) is 8.10. The third kappa shape index (κ3) is 2.92. The summed E-state index contributed by atoms with van der Waals surface area (Å²) in [6.45, 7) is 8.47. The van der Waals surface area contributed by atoms with Gasteiger partial charge in [0.05, 0.1) is 0 Å². The molecule has 21 heavy (non-hydrogen) atoms. The number of nitrogens with zero attached hydrogens (tertiary/aromatic N) is 1. The summed E-state index contributed by atoms with van der Waals surface area (Å²) in [4.78, 5) is 2.46. The molecule has 0 saturated carbocycles. The van der Waals surface area contributed by atoms with Gasteiger partial charge in [0.1, 0.15) is 17.2 Å². The zero-order valence-electron chi connectivity index (χ0n) is 13.0. The summed E-state index contributed by atoms with van der Waals surface area (Å²) in [6, 6.07) is 5.22. The minimum absolute atomic E-state index is 0.126. The Morgan fingerprint density at radius 3 is 2.76 bits per heavy atom. The first-order chi connectivity index (χ1) is 10.2. The van der Waals surface area contributed by atoms with Gasteiger partial charge in [-0.2, -0.15) is 0 Å². The van der Waals surface area contributed by atoms with E-state index >= 15 is 0 Å². The van der Waals surface area contributed by atoms with Crippen LogP contribution in [0.5, 0.6) is 5.75 Å². The average Bonchev–Trinajstić information content (AvgIpc) is 2.48. The highest BCUT2D eigenvalue weighted by atomic mass is 19.1. The Morgan fingerprint density at radius 2 is 2.10 bits per heavy atom. The largest absolute Gasteiger partial charge is 0.487 e. The van der Waals surface area contributed by atoms with Gasteiger partial charge in [0, 0.05) is 37.2 Å². The van der Waals surface area contributed by atoms with Crippen molar-refractivity contribution < 1.29 is 9.13 Å². The zero-order chi connectivity index (χ0) is 14.9. The molecule has 2 aliphatic heterocycles. The first kappa shape index (κ1) is 14.8. The molecule has 1 aromatic rings. The topological polar surface area (TPSA) is 24.5 Å². The number of nitrogens with one attached hydrogen (secondary N) is 1. The molecule has 0 aliphatic carbocycles. The number of ether oxygens (including phenoxy) is 1. The molecule has 116 valence electrons. The molecular formula is C17H25FN2O. The van der Waals surface area contributed by atoms with E-state index in [1.54, 1.807) is 6.07 Å². The molecular weight excluding hydrogens is 267 g/mol. The monoisotopic (exact) mass is 292 g/mol. The van der Waals surface area contributed by atoms with E-state index in [1.165, 1.54) is 6.07 Å². The molecule has 2 aliphatic rings. The highest BCUT2D eigenvalue weighted by Crippen LogP contribution is 2.44. The van der Waals surface area contributed by atoms with Gasteiger partial charge >= 0.3 is 0 Å². The van der Waals surface area contributed by atoms with Crippen LogP contribution in [0.25, 0.3) is 0 Å². The van der Waals surface area contributed by atoms with Crippen molar-refractivity contribution in [1.29, 1.82) is 0 Å². The van der Waals surface area contributed by atoms with Crippen LogP contribution in [-0.4, -0.2) is 36.7 Å². The fourth-order valence-corrected chi connectivity index (χ4v) is 3.65. The van der Waals surface area contributed by atoms with Crippen LogP contribution in [0.1, 0.15) is 44.7 Å². The molecule has 1 saturated heterocycles. The molecule has 0 aromatic heterocycles. The molecule has 4 heteroatoms. The number of piperidine rings is 1. The van der Waals surface area contributed by atoms with Crippen LogP contribution in [0.4, 0.5) is 4.39 Å². The van der Waals surface area contributed by atoms with Crippen molar-refractivity contribution >= 4 is 0 Å². The molecule has 3 nitrogen and oxygen atoms in total. The van der Waals surface area contributed by atoms with E-state index in [1.807, 2.05) is 6.07 Å². The first-order valence-electron chi connectivity index (χ1n) is 8.10. The number of hydrogen-bond donors (Lipinski definition) is 1. The normalized spacial score (nSPS) is 24.6. The number of benzene rings is 1. The van der Waals surface area contributed by atoms with Crippen molar-refractivity contribution in [2.45, 2.75) is 44.8 Å². The standard InChI is InChI=1S/C17H25FN2O/c1-3-19-15-12-17(7-9-20(4-2)10-8-17)21-16-11-13(18)5-6-14(15)16/h5-6,11,15,19H,3-4,7-10,12H2,1-2H3. The van der Waals surface area contributed by atoms with Crippen LogP contribution < -0.4 is 10.1 Å². The van der Waals surface area contributed by atoms with Crippen molar-refractivity contribution in [3.63, 3.8) is 0 Å². The summed E-state index contributed by atoms with van der Waals surface area (Å²) in [5.74, 6) is 0.518. The minimum Gasteiger partial charge on any atom is -0.487 e. The smallest absolute Gasteiger partial charge is 0.127 e. The van der Waals surface area contributed by atoms with E-state index in [9.17, 15) is 4.39 Å². The fourth-order valence-electron chi connectivity index (χ4n) is 3.65. The summed E-state index contributed by atoms with van der Waals surface area (Å²) in [5.41, 5.74) is 0.973. The highest BCUT2D eigenvalue weighted by molar-refractivity contribution is 5.39. The van der Waals surface area contributed by atoms with Crippen LogP contribution in [0, 0.1) is 5.82 Å². The Bertz CT molecular complexity index is 498. The van der Waals surface area contributed by atoms with E-state index in [4.69, 9.17) is 4.74 Å². The average molecular weight is 292 g/mol. The molecule has 1 fully saturated rings. The maximum Gasteiger partial charge on any atom is 0.127 e. The number of fused-ring (bicyclic) bond motifs is 1. The summed E-state index contributed by atoms with van der Waals surface area (Å²) in [6.07, 6.45) is 3.04. The Hall–Kier alpha value is -1.13. The lowest BCUT2D eigenvalue weighted by Gasteiger charge is -2.47. The Kier molecular flexibility index (Phi) is 4.18. The van der Waals surface area contributed by atoms with Gasteiger partial charge in [-0.15, -0.1) is 0 Å². The van der Waals surface area contributed by atoms with E-state index in [-0.39, 0.29) is 17.5 Å². The Balaban J connectivity index is 1.86. The number of halogens is 1. The Morgan fingerprint density at radius 1 is 1.33 bits per heavy atom. The van der Waals surface area contributed by atoms with Crippen molar-refractivity contribution in [3.05, 3.63) is 29.6 Å². The van der Waals surface area contributed by atoms with Gasteiger partial charge in [-0.3, -0.25) is 0 Å². The van der Waals surface area contributed by atoms with Crippen molar-refractivity contribution in [1.82, 2.24) is 10.2 Å². The van der Waals surface area contributed by atoms with Gasteiger partial charge in [-0.1, -0.05) is 19.9 Å². The predicted octanol–water partition coefficient (Wildman–Crippen LogP) is 3.11. The molecule has 2 heterocycles.